The molecule has 1 aromatic carbocycles. The van der Waals surface area contributed by atoms with Gasteiger partial charge in [-0.3, -0.25) is 14.5 Å². The van der Waals surface area contributed by atoms with Crippen molar-refractivity contribution in [3.63, 3.8) is 0 Å². The van der Waals surface area contributed by atoms with Gasteiger partial charge < -0.3 is 19.7 Å². The van der Waals surface area contributed by atoms with Crippen molar-refractivity contribution in [3.8, 4) is 11.5 Å². The average molecular weight is 482 g/mol. The van der Waals surface area contributed by atoms with Crippen LogP contribution in [0.15, 0.2) is 18.2 Å². The standard InChI is InChI=1S/C22H31N3O7S/c1-6-14(2)25(16-9-10-33(29,30)13-16)19(26)12-24-20(27)22(3,23-21(24)28)15-7-8-17(31-4)18(11-15)32-5/h7-8,11,14,16H,6,9-10,12-13H2,1-5H3,(H,23,28)/t14-,16-,22-/m0/s1. The summed E-state index contributed by atoms with van der Waals surface area (Å²) in [6, 6.07) is 3.52. The number of urea groups is 1. The third kappa shape index (κ3) is 4.64. The monoisotopic (exact) mass is 481 g/mol. The Morgan fingerprint density at radius 2 is 1.94 bits per heavy atom. The number of nitrogens with zero attached hydrogens (tertiary/aromatic N) is 2. The number of hydrogen-bond donors (Lipinski definition) is 1. The maximum Gasteiger partial charge on any atom is 0.325 e. The Hall–Kier alpha value is -2.82. The van der Waals surface area contributed by atoms with Gasteiger partial charge in [-0.1, -0.05) is 13.0 Å². The topological polar surface area (TPSA) is 122 Å². The fraction of sp³-hybridized carbons (Fsp3) is 0.591. The van der Waals surface area contributed by atoms with E-state index < -0.39 is 45.8 Å². The first-order valence-corrected chi connectivity index (χ1v) is 12.7. The fourth-order valence-electron chi connectivity index (χ4n) is 4.40. The van der Waals surface area contributed by atoms with E-state index in [0.717, 1.165) is 4.90 Å². The summed E-state index contributed by atoms with van der Waals surface area (Å²) in [5.74, 6) is -0.226. The number of methoxy groups -OCH3 is 2. The summed E-state index contributed by atoms with van der Waals surface area (Å²) in [6.45, 7) is 4.84. The number of amides is 4. The molecule has 4 amide bonds. The summed E-state index contributed by atoms with van der Waals surface area (Å²) in [5, 5.41) is 2.68. The molecule has 0 unspecified atom stereocenters. The smallest absolute Gasteiger partial charge is 0.325 e. The van der Waals surface area contributed by atoms with Crippen LogP contribution in [0.4, 0.5) is 4.79 Å². The largest absolute Gasteiger partial charge is 0.493 e. The van der Waals surface area contributed by atoms with Gasteiger partial charge in [0.25, 0.3) is 5.91 Å². The van der Waals surface area contributed by atoms with Gasteiger partial charge in [0.05, 0.1) is 25.7 Å². The van der Waals surface area contributed by atoms with Crippen molar-refractivity contribution < 1.29 is 32.3 Å². The van der Waals surface area contributed by atoms with Crippen LogP contribution >= 0.6 is 0 Å². The van der Waals surface area contributed by atoms with Crippen LogP contribution in [-0.2, 0) is 25.0 Å². The van der Waals surface area contributed by atoms with Crippen LogP contribution in [0.5, 0.6) is 11.5 Å². The highest BCUT2D eigenvalue weighted by atomic mass is 32.2. The van der Waals surface area contributed by atoms with Crippen LogP contribution in [-0.4, -0.2) is 80.4 Å². The summed E-state index contributed by atoms with van der Waals surface area (Å²) in [7, 11) is -0.245. The molecule has 0 aliphatic carbocycles. The molecule has 10 nitrogen and oxygen atoms in total. The van der Waals surface area contributed by atoms with Gasteiger partial charge in [-0.2, -0.15) is 0 Å². The van der Waals surface area contributed by atoms with E-state index in [9.17, 15) is 22.8 Å². The molecule has 3 atom stereocenters. The molecule has 0 spiro atoms. The Balaban J connectivity index is 1.84. The molecule has 0 radical (unpaired) electrons. The first-order valence-electron chi connectivity index (χ1n) is 10.9. The van der Waals surface area contributed by atoms with Gasteiger partial charge in [-0.25, -0.2) is 13.2 Å². The highest BCUT2D eigenvalue weighted by Gasteiger charge is 2.50. The molecule has 11 heteroatoms. The van der Waals surface area contributed by atoms with E-state index in [2.05, 4.69) is 5.32 Å². The van der Waals surface area contributed by atoms with Crippen molar-refractivity contribution >= 4 is 27.7 Å². The summed E-state index contributed by atoms with van der Waals surface area (Å²) in [4.78, 5) is 41.7. The van der Waals surface area contributed by atoms with Gasteiger partial charge in [-0.15, -0.1) is 0 Å². The van der Waals surface area contributed by atoms with Crippen molar-refractivity contribution in [2.75, 3.05) is 32.3 Å². The number of carbonyl (C=O) groups is 3. The number of rotatable bonds is 8. The number of carbonyl (C=O) groups excluding carboxylic acids is 3. The molecule has 33 heavy (non-hydrogen) atoms. The minimum Gasteiger partial charge on any atom is -0.493 e. The molecule has 3 rings (SSSR count). The van der Waals surface area contributed by atoms with E-state index in [1.54, 1.807) is 25.1 Å². The van der Waals surface area contributed by atoms with Gasteiger partial charge in [0.1, 0.15) is 12.1 Å². The molecule has 0 saturated carbocycles. The van der Waals surface area contributed by atoms with Crippen molar-refractivity contribution in [1.29, 1.82) is 0 Å². The second kappa shape index (κ2) is 9.20. The minimum absolute atomic E-state index is 0.0262. The summed E-state index contributed by atoms with van der Waals surface area (Å²) < 4.78 is 34.5. The first-order chi connectivity index (χ1) is 15.5. The van der Waals surface area contributed by atoms with Gasteiger partial charge in [0.15, 0.2) is 21.3 Å². The Morgan fingerprint density at radius 3 is 2.48 bits per heavy atom. The van der Waals surface area contributed by atoms with Crippen LogP contribution in [0.1, 0.15) is 39.2 Å². The predicted octanol–water partition coefficient (Wildman–Crippen LogP) is 1.29. The van der Waals surface area contributed by atoms with E-state index in [0.29, 0.717) is 29.9 Å². The molecular formula is C22H31N3O7S. The summed E-state index contributed by atoms with van der Waals surface area (Å²) in [5.41, 5.74) is -0.913. The molecule has 1 aromatic rings. The van der Waals surface area contributed by atoms with Crippen molar-refractivity contribution in [1.82, 2.24) is 15.1 Å². The molecule has 2 heterocycles. The first kappa shape index (κ1) is 24.8. The highest BCUT2D eigenvalue weighted by molar-refractivity contribution is 7.91. The number of ether oxygens (including phenoxy) is 2. The maximum absolute atomic E-state index is 13.3. The van der Waals surface area contributed by atoms with Crippen LogP contribution in [0.25, 0.3) is 0 Å². The lowest BCUT2D eigenvalue weighted by Gasteiger charge is -2.34. The summed E-state index contributed by atoms with van der Waals surface area (Å²) >= 11 is 0. The van der Waals surface area contributed by atoms with Gasteiger partial charge in [0, 0.05) is 12.1 Å². The normalized spacial score (nSPS) is 25.0. The summed E-state index contributed by atoms with van der Waals surface area (Å²) in [6.07, 6.45) is 0.966. The molecule has 2 aliphatic heterocycles. The SMILES string of the molecule is CC[C@H](C)N(C(=O)CN1C(=O)N[C@@](C)(c2ccc(OC)c(OC)c2)C1=O)[C@H]1CCS(=O)(=O)C1. The van der Waals surface area contributed by atoms with Crippen molar-refractivity contribution in [3.05, 3.63) is 23.8 Å². The van der Waals surface area contributed by atoms with Crippen LogP contribution in [0, 0.1) is 0 Å². The minimum atomic E-state index is -3.21. The molecule has 0 bridgehead atoms. The number of hydrogen-bond acceptors (Lipinski definition) is 7. The fourth-order valence-corrected chi connectivity index (χ4v) is 6.11. The van der Waals surface area contributed by atoms with Gasteiger partial charge in [-0.05, 0) is 44.4 Å². The van der Waals surface area contributed by atoms with Crippen molar-refractivity contribution in [2.24, 2.45) is 0 Å². The van der Waals surface area contributed by atoms with Crippen LogP contribution < -0.4 is 14.8 Å². The van der Waals surface area contributed by atoms with Gasteiger partial charge >= 0.3 is 6.03 Å². The lowest BCUT2D eigenvalue weighted by atomic mass is 9.91. The quantitative estimate of drug-likeness (QED) is 0.555. The second-order valence-electron chi connectivity index (χ2n) is 8.63. The Bertz CT molecular complexity index is 1060. The molecule has 182 valence electrons. The average Bonchev–Trinajstić information content (AvgIpc) is 3.24. The Kier molecular flexibility index (Phi) is 6.92. The molecule has 1 N–H and O–H groups in total. The number of imide groups is 1. The highest BCUT2D eigenvalue weighted by Crippen LogP contribution is 2.35. The molecule has 2 fully saturated rings. The van der Waals surface area contributed by atoms with E-state index in [4.69, 9.17) is 9.47 Å². The molecule has 2 saturated heterocycles. The molecule has 2 aliphatic rings. The van der Waals surface area contributed by atoms with E-state index >= 15 is 0 Å². The Labute approximate surface area is 194 Å². The van der Waals surface area contributed by atoms with Crippen LogP contribution in [0.2, 0.25) is 0 Å². The molecule has 0 aromatic heterocycles. The number of benzene rings is 1. The lowest BCUT2D eigenvalue weighted by Crippen LogP contribution is -2.51. The maximum atomic E-state index is 13.3. The van der Waals surface area contributed by atoms with E-state index in [1.807, 2.05) is 13.8 Å². The molecular weight excluding hydrogens is 450 g/mol. The van der Waals surface area contributed by atoms with E-state index in [-0.39, 0.29) is 17.5 Å². The van der Waals surface area contributed by atoms with Gasteiger partial charge in [0.2, 0.25) is 5.91 Å². The number of sulfone groups is 1. The second-order valence-corrected chi connectivity index (χ2v) is 10.9. The Morgan fingerprint density at radius 1 is 1.27 bits per heavy atom. The van der Waals surface area contributed by atoms with Crippen LogP contribution in [0.3, 0.4) is 0 Å². The zero-order chi connectivity index (χ0) is 24.6. The predicted molar refractivity (Wildman–Crippen MR) is 121 cm³/mol. The lowest BCUT2D eigenvalue weighted by molar-refractivity contribution is -0.141. The third-order valence-corrected chi connectivity index (χ3v) is 8.24. The third-order valence-electron chi connectivity index (χ3n) is 6.48. The van der Waals surface area contributed by atoms with E-state index in [1.165, 1.54) is 19.1 Å². The zero-order valence-electron chi connectivity index (χ0n) is 19.6. The number of nitrogens with one attached hydrogen (secondary N) is 1. The van der Waals surface area contributed by atoms with Crippen molar-refractivity contribution in [2.45, 2.75) is 51.2 Å². The zero-order valence-corrected chi connectivity index (χ0v) is 20.4.